The Bertz CT molecular complexity index is 446. The number of anilines is 2. The van der Waals surface area contributed by atoms with E-state index in [4.69, 9.17) is 11.5 Å². The average Bonchev–Trinajstić information content (AvgIpc) is 2.41. The second kappa shape index (κ2) is 6.97. The van der Waals surface area contributed by atoms with Gasteiger partial charge in [-0.1, -0.05) is 49.6 Å². The van der Waals surface area contributed by atoms with Crippen molar-refractivity contribution in [1.29, 1.82) is 0 Å². The first-order valence-electron chi connectivity index (χ1n) is 5.62. The summed E-state index contributed by atoms with van der Waals surface area (Å²) in [6.45, 7) is 6.72. The monoisotopic (exact) mass is 238 g/mol. The van der Waals surface area contributed by atoms with Crippen LogP contribution in [0.25, 0.3) is 11.1 Å². The standard InChI is InChI=1S/C12H12N2.C4H6/c13-11-5-1-9(2-6-11)10-3-7-12(14)8-4-10;1-3-4-2/h1-8H,13-14H2;3-4H,1-2H2. The summed E-state index contributed by atoms with van der Waals surface area (Å²) in [4.78, 5) is 0. The lowest BCUT2D eigenvalue weighted by molar-refractivity contribution is 1.61. The minimum absolute atomic E-state index is 0.782. The molecule has 18 heavy (non-hydrogen) atoms. The van der Waals surface area contributed by atoms with Gasteiger partial charge >= 0.3 is 0 Å². The lowest BCUT2D eigenvalue weighted by atomic mass is 10.1. The summed E-state index contributed by atoms with van der Waals surface area (Å²) in [6.07, 6.45) is 3.28. The molecular formula is C16H18N2. The molecule has 2 nitrogen and oxygen atoms in total. The lowest BCUT2D eigenvalue weighted by Crippen LogP contribution is -1.85. The molecule has 0 amide bonds. The molecule has 2 aromatic rings. The molecule has 92 valence electrons. The van der Waals surface area contributed by atoms with E-state index >= 15 is 0 Å². The van der Waals surface area contributed by atoms with Crippen molar-refractivity contribution in [2.24, 2.45) is 0 Å². The van der Waals surface area contributed by atoms with Crippen LogP contribution in [0.2, 0.25) is 0 Å². The maximum Gasteiger partial charge on any atom is 0.0314 e. The van der Waals surface area contributed by atoms with Gasteiger partial charge in [-0.3, -0.25) is 0 Å². The number of benzene rings is 2. The minimum Gasteiger partial charge on any atom is -0.399 e. The Labute approximate surface area is 108 Å². The Kier molecular flexibility index (Phi) is 5.26. The highest BCUT2D eigenvalue weighted by molar-refractivity contribution is 5.67. The van der Waals surface area contributed by atoms with Gasteiger partial charge in [0.05, 0.1) is 0 Å². The maximum absolute atomic E-state index is 5.61. The summed E-state index contributed by atoms with van der Waals surface area (Å²) < 4.78 is 0. The quantitative estimate of drug-likeness (QED) is 0.616. The molecule has 0 aliphatic heterocycles. The highest BCUT2D eigenvalue weighted by Crippen LogP contribution is 2.21. The predicted molar refractivity (Wildman–Crippen MR) is 81.1 cm³/mol. The fraction of sp³-hybridized carbons (Fsp3) is 0. The molecule has 4 N–H and O–H groups in total. The molecule has 0 saturated carbocycles. The third kappa shape index (κ3) is 4.18. The second-order valence-corrected chi connectivity index (χ2v) is 3.72. The van der Waals surface area contributed by atoms with Gasteiger partial charge in [0.2, 0.25) is 0 Å². The number of allylic oxidation sites excluding steroid dienone is 2. The van der Waals surface area contributed by atoms with Gasteiger partial charge in [-0.15, -0.1) is 0 Å². The molecule has 0 heterocycles. The van der Waals surface area contributed by atoms with Crippen LogP contribution in [0.1, 0.15) is 0 Å². The highest BCUT2D eigenvalue weighted by Gasteiger charge is 1.95. The molecule has 2 aromatic carbocycles. The van der Waals surface area contributed by atoms with E-state index in [2.05, 4.69) is 13.2 Å². The van der Waals surface area contributed by atoms with Gasteiger partial charge in [-0.25, -0.2) is 0 Å². The normalized spacial score (nSPS) is 8.89. The molecular weight excluding hydrogens is 220 g/mol. The molecule has 0 bridgehead atoms. The first-order valence-corrected chi connectivity index (χ1v) is 5.62. The first-order chi connectivity index (χ1) is 8.67. The molecule has 0 unspecified atom stereocenters. The van der Waals surface area contributed by atoms with Crippen LogP contribution in [-0.4, -0.2) is 0 Å². The van der Waals surface area contributed by atoms with E-state index in [1.807, 2.05) is 48.5 Å². The summed E-state index contributed by atoms with van der Waals surface area (Å²) in [5, 5.41) is 0. The van der Waals surface area contributed by atoms with Crippen LogP contribution in [-0.2, 0) is 0 Å². The van der Waals surface area contributed by atoms with Gasteiger partial charge in [0.25, 0.3) is 0 Å². The molecule has 0 aliphatic rings. The Morgan fingerprint density at radius 3 is 1.11 bits per heavy atom. The highest BCUT2D eigenvalue weighted by atomic mass is 14.5. The summed E-state index contributed by atoms with van der Waals surface area (Å²) in [7, 11) is 0. The third-order valence-corrected chi connectivity index (χ3v) is 2.32. The predicted octanol–water partition coefficient (Wildman–Crippen LogP) is 3.88. The molecule has 0 atom stereocenters. The van der Waals surface area contributed by atoms with Crippen LogP contribution in [0.3, 0.4) is 0 Å². The van der Waals surface area contributed by atoms with Gasteiger partial charge in [-0.05, 0) is 35.4 Å². The molecule has 0 aromatic heterocycles. The van der Waals surface area contributed by atoms with Crippen molar-refractivity contribution in [3.05, 3.63) is 73.8 Å². The van der Waals surface area contributed by atoms with Gasteiger partial charge in [-0.2, -0.15) is 0 Å². The van der Waals surface area contributed by atoms with Crippen LogP contribution in [0, 0.1) is 0 Å². The topological polar surface area (TPSA) is 52.0 Å². The molecule has 2 heteroatoms. The fourth-order valence-corrected chi connectivity index (χ4v) is 1.35. The zero-order valence-corrected chi connectivity index (χ0v) is 10.3. The number of nitrogens with two attached hydrogens (primary N) is 2. The lowest BCUT2D eigenvalue weighted by Gasteiger charge is -2.02. The molecule has 0 radical (unpaired) electrons. The van der Waals surface area contributed by atoms with E-state index in [0.717, 1.165) is 22.5 Å². The average molecular weight is 238 g/mol. The smallest absolute Gasteiger partial charge is 0.0314 e. The van der Waals surface area contributed by atoms with Gasteiger partial charge < -0.3 is 11.5 Å². The Morgan fingerprint density at radius 1 is 0.611 bits per heavy atom. The van der Waals surface area contributed by atoms with E-state index in [1.165, 1.54) is 0 Å². The molecule has 0 spiro atoms. The second-order valence-electron chi connectivity index (χ2n) is 3.72. The van der Waals surface area contributed by atoms with Crippen LogP contribution in [0.5, 0.6) is 0 Å². The molecule has 0 saturated heterocycles. The van der Waals surface area contributed by atoms with Crippen molar-refractivity contribution in [3.63, 3.8) is 0 Å². The summed E-state index contributed by atoms with van der Waals surface area (Å²) in [6, 6.07) is 15.6. The van der Waals surface area contributed by atoms with Crippen molar-refractivity contribution < 1.29 is 0 Å². The van der Waals surface area contributed by atoms with Crippen LogP contribution in [0.4, 0.5) is 11.4 Å². The van der Waals surface area contributed by atoms with E-state index in [9.17, 15) is 0 Å². The number of hydrogen-bond donors (Lipinski definition) is 2. The zero-order valence-electron chi connectivity index (χ0n) is 10.3. The Balaban J connectivity index is 0.000000357. The Hall–Kier alpha value is -2.48. The summed E-state index contributed by atoms with van der Waals surface area (Å²) in [5.74, 6) is 0. The van der Waals surface area contributed by atoms with E-state index in [1.54, 1.807) is 12.2 Å². The molecule has 0 fully saturated rings. The van der Waals surface area contributed by atoms with E-state index in [-0.39, 0.29) is 0 Å². The van der Waals surface area contributed by atoms with Gasteiger partial charge in [0, 0.05) is 11.4 Å². The van der Waals surface area contributed by atoms with Gasteiger partial charge in [0.15, 0.2) is 0 Å². The minimum atomic E-state index is 0.782. The van der Waals surface area contributed by atoms with Crippen LogP contribution >= 0.6 is 0 Å². The summed E-state index contributed by atoms with van der Waals surface area (Å²) >= 11 is 0. The van der Waals surface area contributed by atoms with Crippen LogP contribution < -0.4 is 11.5 Å². The van der Waals surface area contributed by atoms with Crippen molar-refractivity contribution in [2.75, 3.05) is 11.5 Å². The van der Waals surface area contributed by atoms with Gasteiger partial charge in [0.1, 0.15) is 0 Å². The molecule has 2 rings (SSSR count). The van der Waals surface area contributed by atoms with Crippen LogP contribution in [0.15, 0.2) is 73.8 Å². The number of nitrogen functional groups attached to an aromatic ring is 2. The number of hydrogen-bond acceptors (Lipinski definition) is 2. The number of rotatable bonds is 2. The SMILES string of the molecule is C=CC=C.Nc1ccc(-c2ccc(N)cc2)cc1. The fourth-order valence-electron chi connectivity index (χ4n) is 1.35. The largest absolute Gasteiger partial charge is 0.399 e. The van der Waals surface area contributed by atoms with Crippen molar-refractivity contribution in [2.45, 2.75) is 0 Å². The van der Waals surface area contributed by atoms with E-state index < -0.39 is 0 Å². The maximum atomic E-state index is 5.61. The Morgan fingerprint density at radius 2 is 0.889 bits per heavy atom. The first kappa shape index (κ1) is 13.6. The third-order valence-electron chi connectivity index (χ3n) is 2.32. The van der Waals surface area contributed by atoms with Crippen molar-refractivity contribution in [3.8, 4) is 11.1 Å². The van der Waals surface area contributed by atoms with E-state index in [0.29, 0.717) is 0 Å². The zero-order chi connectivity index (χ0) is 13.4. The van der Waals surface area contributed by atoms with Crippen molar-refractivity contribution >= 4 is 11.4 Å². The van der Waals surface area contributed by atoms with Crippen molar-refractivity contribution in [1.82, 2.24) is 0 Å². The molecule has 0 aliphatic carbocycles. The summed E-state index contributed by atoms with van der Waals surface area (Å²) in [5.41, 5.74) is 15.1.